The maximum atomic E-state index is 5.64. The normalized spacial score (nSPS) is 10.6. The van der Waals surface area contributed by atoms with Crippen molar-refractivity contribution in [3.05, 3.63) is 23.6 Å². The van der Waals surface area contributed by atoms with E-state index in [1.165, 1.54) is 4.79 Å². The van der Waals surface area contributed by atoms with E-state index in [0.29, 0.717) is 5.15 Å². The second-order valence-electron chi connectivity index (χ2n) is 2.15. The lowest BCUT2D eigenvalue weighted by atomic mass is 10.3. The predicted octanol–water partition coefficient (Wildman–Crippen LogP) is 0.798. The van der Waals surface area contributed by atoms with Gasteiger partial charge in [0.2, 0.25) is 0 Å². The minimum Gasteiger partial charge on any atom is -0.323 e. The third-order valence-corrected chi connectivity index (χ3v) is 1.66. The molecular weight excluding hydrogens is 164 g/mol. The molecule has 2 rings (SSSR count). The molecule has 0 atom stereocenters. The highest BCUT2D eigenvalue weighted by atomic mass is 35.5. The van der Waals surface area contributed by atoms with Gasteiger partial charge < -0.3 is 5.84 Å². The Labute approximate surface area is 67.6 Å². The fraction of sp³-hybridized carbons (Fsp3) is 0. The van der Waals surface area contributed by atoms with E-state index in [1.54, 1.807) is 18.5 Å². The minimum atomic E-state index is 0.450. The molecule has 56 valence electrons. The van der Waals surface area contributed by atoms with Gasteiger partial charge in [-0.2, -0.15) is 9.89 Å². The number of nitrogens with two attached hydrogens (primary N) is 1. The van der Waals surface area contributed by atoms with Gasteiger partial charge in [0.05, 0.1) is 12.4 Å². The molecule has 0 aliphatic carbocycles. The van der Waals surface area contributed by atoms with E-state index in [-0.39, 0.29) is 0 Å². The minimum absolute atomic E-state index is 0.450. The second-order valence-corrected chi connectivity index (χ2v) is 2.54. The molecule has 0 saturated heterocycles. The van der Waals surface area contributed by atoms with Crippen molar-refractivity contribution in [2.45, 2.75) is 0 Å². The van der Waals surface area contributed by atoms with Crippen LogP contribution in [0.5, 0.6) is 0 Å². The van der Waals surface area contributed by atoms with Crippen LogP contribution in [0, 0.1) is 0 Å². The van der Waals surface area contributed by atoms with Crippen LogP contribution in [-0.4, -0.2) is 14.9 Å². The number of hydrogen-bond acceptors (Lipinski definition) is 3. The van der Waals surface area contributed by atoms with Gasteiger partial charge in [-0.25, -0.2) is 4.98 Å². The van der Waals surface area contributed by atoms with Crippen molar-refractivity contribution < 1.29 is 0 Å². The fourth-order valence-electron chi connectivity index (χ4n) is 0.918. The molecule has 0 bridgehead atoms. The average molecular weight is 169 g/mol. The monoisotopic (exact) mass is 168 g/mol. The third-order valence-electron chi connectivity index (χ3n) is 1.45. The lowest BCUT2D eigenvalue weighted by Crippen LogP contribution is -2.08. The lowest BCUT2D eigenvalue weighted by molar-refractivity contribution is 0.861. The number of hydrogen-bond donors (Lipinski definition) is 1. The largest absolute Gasteiger partial charge is 0.323 e. The topological polar surface area (TPSA) is 56.7 Å². The molecule has 11 heavy (non-hydrogen) atoms. The van der Waals surface area contributed by atoms with Gasteiger partial charge in [0.1, 0.15) is 10.7 Å². The van der Waals surface area contributed by atoms with Crippen molar-refractivity contribution in [2.24, 2.45) is 0 Å². The molecule has 2 N–H and O–H groups in total. The van der Waals surface area contributed by atoms with Crippen LogP contribution in [0.25, 0.3) is 10.9 Å². The number of nitrogen functional groups attached to an aromatic ring is 1. The molecular formula is C6H5ClN4. The molecule has 0 spiro atoms. The van der Waals surface area contributed by atoms with E-state index in [4.69, 9.17) is 17.4 Å². The zero-order chi connectivity index (χ0) is 7.84. The van der Waals surface area contributed by atoms with Crippen molar-refractivity contribution in [3.63, 3.8) is 0 Å². The maximum Gasteiger partial charge on any atom is 0.129 e. The van der Waals surface area contributed by atoms with Gasteiger partial charge in [0.15, 0.2) is 0 Å². The van der Waals surface area contributed by atoms with E-state index in [0.717, 1.165) is 10.9 Å². The smallest absolute Gasteiger partial charge is 0.129 e. The van der Waals surface area contributed by atoms with Gasteiger partial charge in [-0.15, -0.1) is 0 Å². The third kappa shape index (κ3) is 0.914. The van der Waals surface area contributed by atoms with Crippen molar-refractivity contribution in [3.8, 4) is 0 Å². The molecule has 0 aliphatic rings. The van der Waals surface area contributed by atoms with Crippen LogP contribution >= 0.6 is 11.6 Å². The zero-order valence-corrected chi connectivity index (χ0v) is 6.28. The highest BCUT2D eigenvalue weighted by Crippen LogP contribution is 2.13. The summed E-state index contributed by atoms with van der Waals surface area (Å²) in [6.07, 6.45) is 3.23. The first-order valence-corrected chi connectivity index (χ1v) is 3.39. The van der Waals surface area contributed by atoms with Gasteiger partial charge in [0.25, 0.3) is 0 Å². The van der Waals surface area contributed by atoms with Gasteiger partial charge >= 0.3 is 0 Å². The van der Waals surface area contributed by atoms with E-state index < -0.39 is 0 Å². The van der Waals surface area contributed by atoms with Crippen LogP contribution in [0.3, 0.4) is 0 Å². The summed E-state index contributed by atoms with van der Waals surface area (Å²) in [5.41, 5.74) is 0.773. The summed E-state index contributed by atoms with van der Waals surface area (Å²) in [6, 6.07) is 1.72. The van der Waals surface area contributed by atoms with E-state index in [9.17, 15) is 0 Å². The Morgan fingerprint density at radius 3 is 3.09 bits per heavy atom. The van der Waals surface area contributed by atoms with Gasteiger partial charge in [-0.05, 0) is 6.07 Å². The number of rotatable bonds is 0. The van der Waals surface area contributed by atoms with E-state index >= 15 is 0 Å². The van der Waals surface area contributed by atoms with Crippen LogP contribution in [0.4, 0.5) is 0 Å². The summed E-state index contributed by atoms with van der Waals surface area (Å²) in [6.45, 7) is 0. The van der Waals surface area contributed by atoms with Crippen LogP contribution < -0.4 is 5.84 Å². The molecule has 2 aromatic rings. The number of aromatic nitrogens is 3. The van der Waals surface area contributed by atoms with Crippen LogP contribution in [0.15, 0.2) is 18.5 Å². The molecule has 0 aliphatic heterocycles. The summed E-state index contributed by atoms with van der Waals surface area (Å²) in [5, 5.41) is 5.18. The standard InChI is InChI=1S/C6H5ClN4/c7-6-1-4-2-10-11(8)5(4)3-9-6/h1-3H,8H2. The molecule has 0 fully saturated rings. The van der Waals surface area contributed by atoms with Crippen molar-refractivity contribution >= 4 is 22.5 Å². The predicted molar refractivity (Wildman–Crippen MR) is 42.7 cm³/mol. The Morgan fingerprint density at radius 1 is 1.45 bits per heavy atom. The molecule has 2 heterocycles. The molecule has 0 radical (unpaired) electrons. The first kappa shape index (κ1) is 6.42. The first-order chi connectivity index (χ1) is 5.27. The fourth-order valence-corrected chi connectivity index (χ4v) is 1.08. The molecule has 0 unspecified atom stereocenters. The molecule has 4 nitrogen and oxygen atoms in total. The van der Waals surface area contributed by atoms with Gasteiger partial charge in [-0.3, -0.25) is 0 Å². The molecule has 0 saturated carbocycles. The van der Waals surface area contributed by atoms with Crippen molar-refractivity contribution in [1.82, 2.24) is 14.9 Å². The summed E-state index contributed by atoms with van der Waals surface area (Å²) in [5.74, 6) is 5.45. The highest BCUT2D eigenvalue weighted by molar-refractivity contribution is 6.30. The van der Waals surface area contributed by atoms with E-state index in [2.05, 4.69) is 10.1 Å². The summed E-state index contributed by atoms with van der Waals surface area (Å²) in [7, 11) is 0. The SMILES string of the molecule is Nn1ncc2cc(Cl)ncc21. The molecule has 2 aromatic heterocycles. The Morgan fingerprint density at radius 2 is 2.27 bits per heavy atom. The maximum absolute atomic E-state index is 5.64. The number of nitrogens with zero attached hydrogens (tertiary/aromatic N) is 3. The number of fused-ring (bicyclic) bond motifs is 1. The highest BCUT2D eigenvalue weighted by Gasteiger charge is 1.99. The quantitative estimate of drug-likeness (QED) is 0.468. The molecule has 0 amide bonds. The number of halogens is 1. The van der Waals surface area contributed by atoms with Crippen LogP contribution in [-0.2, 0) is 0 Å². The van der Waals surface area contributed by atoms with Crippen LogP contribution in [0.1, 0.15) is 0 Å². The van der Waals surface area contributed by atoms with E-state index in [1.807, 2.05) is 0 Å². The summed E-state index contributed by atoms with van der Waals surface area (Å²) in [4.78, 5) is 5.13. The molecule has 0 aromatic carbocycles. The van der Waals surface area contributed by atoms with Crippen molar-refractivity contribution in [2.75, 3.05) is 5.84 Å². The zero-order valence-electron chi connectivity index (χ0n) is 5.53. The Kier molecular flexibility index (Phi) is 1.22. The number of pyridine rings is 1. The summed E-state index contributed by atoms with van der Waals surface area (Å²) >= 11 is 5.64. The van der Waals surface area contributed by atoms with Gasteiger partial charge in [-0.1, -0.05) is 11.6 Å². The Bertz CT molecular complexity index is 394. The lowest BCUT2D eigenvalue weighted by Gasteiger charge is -1.92. The Balaban J connectivity index is 2.86. The second kappa shape index (κ2) is 2.10. The molecule has 5 heteroatoms. The first-order valence-electron chi connectivity index (χ1n) is 3.02. The van der Waals surface area contributed by atoms with Gasteiger partial charge in [0, 0.05) is 5.39 Å². The Hall–Kier alpha value is -1.29. The average Bonchev–Trinajstić information content (AvgIpc) is 2.32. The summed E-state index contributed by atoms with van der Waals surface area (Å²) < 4.78 is 0. The van der Waals surface area contributed by atoms with Crippen molar-refractivity contribution in [1.29, 1.82) is 0 Å². The van der Waals surface area contributed by atoms with Crippen LogP contribution in [0.2, 0.25) is 5.15 Å².